The summed E-state index contributed by atoms with van der Waals surface area (Å²) in [4.78, 5) is 10.6. The topological polar surface area (TPSA) is 78.9 Å². The molecule has 0 radical (unpaired) electrons. The van der Waals surface area contributed by atoms with Gasteiger partial charge in [-0.25, -0.2) is 0 Å². The van der Waals surface area contributed by atoms with Crippen LogP contribution in [0, 0.1) is 11.3 Å². The van der Waals surface area contributed by atoms with Crippen LogP contribution in [0.4, 0.5) is 0 Å². The summed E-state index contributed by atoms with van der Waals surface area (Å²) >= 11 is 0. The molecule has 1 rings (SSSR count). The molecule has 1 aliphatic rings. The van der Waals surface area contributed by atoms with Gasteiger partial charge in [-0.1, -0.05) is 0 Å². The van der Waals surface area contributed by atoms with Gasteiger partial charge in [-0.2, -0.15) is 5.26 Å². The first-order valence-corrected chi connectivity index (χ1v) is 2.69. The zero-order valence-electron chi connectivity index (χ0n) is 4.79. The van der Waals surface area contributed by atoms with Gasteiger partial charge in [-0.3, -0.25) is 4.79 Å². The third-order valence-corrected chi connectivity index (χ3v) is 1.30. The molecule has 2 unspecified atom stereocenters. The molecular formula is C5H7N3O. The summed E-state index contributed by atoms with van der Waals surface area (Å²) < 4.78 is 0. The van der Waals surface area contributed by atoms with Gasteiger partial charge >= 0.3 is 0 Å². The number of hydrogen-bond acceptors (Lipinski definition) is 3. The maximum atomic E-state index is 10.6. The summed E-state index contributed by atoms with van der Waals surface area (Å²) in [6.07, 6.45) is 0.440. The van der Waals surface area contributed by atoms with E-state index >= 15 is 0 Å². The first-order chi connectivity index (χ1) is 4.24. The van der Waals surface area contributed by atoms with E-state index in [-0.39, 0.29) is 11.9 Å². The average molecular weight is 125 g/mol. The Morgan fingerprint density at radius 1 is 1.89 bits per heavy atom. The Hall–Kier alpha value is -1.08. The summed E-state index contributed by atoms with van der Waals surface area (Å²) in [6.45, 7) is 0. The second-order valence-electron chi connectivity index (χ2n) is 2.03. The van der Waals surface area contributed by atoms with Gasteiger partial charge in [-0.15, -0.1) is 0 Å². The highest BCUT2D eigenvalue weighted by Crippen LogP contribution is 2.03. The van der Waals surface area contributed by atoms with Crippen molar-refractivity contribution in [3.63, 3.8) is 0 Å². The van der Waals surface area contributed by atoms with Gasteiger partial charge in [0.25, 0.3) is 0 Å². The molecule has 1 saturated heterocycles. The molecule has 0 aromatic carbocycles. The predicted molar refractivity (Wildman–Crippen MR) is 30.1 cm³/mol. The maximum absolute atomic E-state index is 10.6. The van der Waals surface area contributed by atoms with Crippen molar-refractivity contribution < 1.29 is 4.79 Å². The number of nitrogens with one attached hydrogen (secondary N) is 1. The largest absolute Gasteiger partial charge is 0.339 e. The minimum Gasteiger partial charge on any atom is -0.339 e. The quantitative estimate of drug-likeness (QED) is 0.423. The summed E-state index contributed by atoms with van der Waals surface area (Å²) in [7, 11) is 0. The fourth-order valence-electron chi connectivity index (χ4n) is 0.784. The van der Waals surface area contributed by atoms with E-state index in [1.807, 2.05) is 6.07 Å². The number of hydrogen-bond donors (Lipinski definition) is 2. The van der Waals surface area contributed by atoms with Crippen LogP contribution in [-0.2, 0) is 4.79 Å². The third-order valence-electron chi connectivity index (χ3n) is 1.30. The van der Waals surface area contributed by atoms with E-state index in [9.17, 15) is 4.79 Å². The van der Waals surface area contributed by atoms with E-state index in [2.05, 4.69) is 5.32 Å². The normalized spacial score (nSPS) is 33.6. The molecular weight excluding hydrogens is 118 g/mol. The van der Waals surface area contributed by atoms with Crippen LogP contribution in [0.1, 0.15) is 6.42 Å². The molecule has 3 N–H and O–H groups in total. The number of nitrogens with zero attached hydrogens (tertiary/aromatic N) is 1. The number of nitrogens with two attached hydrogens (primary N) is 1. The maximum Gasteiger partial charge on any atom is 0.238 e. The van der Waals surface area contributed by atoms with E-state index in [4.69, 9.17) is 11.0 Å². The standard InChI is InChI=1S/C5H7N3O/c6-2-3-1-4(7)5(9)8-3/h3-4H,1,7H2,(H,8,9). The molecule has 1 fully saturated rings. The molecule has 1 amide bonds. The lowest BCUT2D eigenvalue weighted by molar-refractivity contribution is -0.120. The van der Waals surface area contributed by atoms with Crippen molar-refractivity contribution in [3.8, 4) is 6.07 Å². The van der Waals surface area contributed by atoms with Crippen molar-refractivity contribution in [1.29, 1.82) is 5.26 Å². The highest BCUT2D eigenvalue weighted by molar-refractivity contribution is 5.84. The minimum absolute atomic E-state index is 0.221. The Balaban J connectivity index is 2.57. The van der Waals surface area contributed by atoms with Gasteiger partial charge in [0, 0.05) is 6.42 Å². The highest BCUT2D eigenvalue weighted by atomic mass is 16.2. The van der Waals surface area contributed by atoms with Crippen LogP contribution < -0.4 is 11.1 Å². The van der Waals surface area contributed by atoms with E-state index in [1.54, 1.807) is 0 Å². The number of carbonyl (C=O) groups excluding carboxylic acids is 1. The Morgan fingerprint density at radius 2 is 2.56 bits per heavy atom. The SMILES string of the molecule is N#CC1CC(N)C(=O)N1. The first kappa shape index (κ1) is 6.05. The number of rotatable bonds is 0. The van der Waals surface area contributed by atoms with Crippen molar-refractivity contribution in [1.82, 2.24) is 5.32 Å². The Morgan fingerprint density at radius 3 is 2.78 bits per heavy atom. The van der Waals surface area contributed by atoms with Crippen LogP contribution in [0.25, 0.3) is 0 Å². The van der Waals surface area contributed by atoms with E-state index in [0.29, 0.717) is 6.42 Å². The Bertz CT molecular complexity index is 172. The third kappa shape index (κ3) is 1.00. The van der Waals surface area contributed by atoms with Crippen LogP contribution in [-0.4, -0.2) is 18.0 Å². The molecule has 0 bridgehead atoms. The summed E-state index contributed by atoms with van der Waals surface area (Å²) in [5.74, 6) is -0.221. The lowest BCUT2D eigenvalue weighted by atomic mass is 10.2. The van der Waals surface area contributed by atoms with E-state index in [1.165, 1.54) is 0 Å². The summed E-state index contributed by atoms with van der Waals surface area (Å²) in [6, 6.07) is 1.07. The van der Waals surface area contributed by atoms with Gasteiger partial charge in [0.2, 0.25) is 5.91 Å². The van der Waals surface area contributed by atoms with Crippen molar-refractivity contribution in [2.45, 2.75) is 18.5 Å². The van der Waals surface area contributed by atoms with E-state index < -0.39 is 6.04 Å². The number of carbonyl (C=O) groups is 1. The molecule has 0 spiro atoms. The number of amides is 1. The first-order valence-electron chi connectivity index (χ1n) is 2.69. The molecule has 1 heterocycles. The molecule has 1 aliphatic heterocycles. The monoisotopic (exact) mass is 125 g/mol. The van der Waals surface area contributed by atoms with Crippen LogP contribution >= 0.6 is 0 Å². The molecule has 0 aliphatic carbocycles. The molecule has 2 atom stereocenters. The molecule has 0 saturated carbocycles. The summed E-state index contributed by atoms with van der Waals surface area (Å²) in [5.41, 5.74) is 5.28. The minimum atomic E-state index is -0.477. The van der Waals surface area contributed by atoms with Gasteiger partial charge in [0.05, 0.1) is 12.1 Å². The second-order valence-corrected chi connectivity index (χ2v) is 2.03. The van der Waals surface area contributed by atoms with Gasteiger partial charge in [0.15, 0.2) is 0 Å². The molecule has 4 heteroatoms. The van der Waals surface area contributed by atoms with Crippen LogP contribution in [0.15, 0.2) is 0 Å². The van der Waals surface area contributed by atoms with Crippen molar-refractivity contribution in [3.05, 3.63) is 0 Å². The lowest BCUT2D eigenvalue weighted by Crippen LogP contribution is -2.31. The van der Waals surface area contributed by atoms with Crippen LogP contribution in [0.3, 0.4) is 0 Å². The molecule has 0 aromatic heterocycles. The highest BCUT2D eigenvalue weighted by Gasteiger charge is 2.28. The Kier molecular flexibility index (Phi) is 1.37. The lowest BCUT2D eigenvalue weighted by Gasteiger charge is -1.92. The van der Waals surface area contributed by atoms with Crippen molar-refractivity contribution >= 4 is 5.91 Å². The molecule has 9 heavy (non-hydrogen) atoms. The molecule has 0 aromatic rings. The van der Waals surface area contributed by atoms with E-state index in [0.717, 1.165) is 0 Å². The fourth-order valence-corrected chi connectivity index (χ4v) is 0.784. The van der Waals surface area contributed by atoms with Crippen molar-refractivity contribution in [2.24, 2.45) is 5.73 Å². The van der Waals surface area contributed by atoms with Crippen LogP contribution in [0.5, 0.6) is 0 Å². The average Bonchev–Trinajstić information content (AvgIpc) is 2.13. The molecule has 4 nitrogen and oxygen atoms in total. The van der Waals surface area contributed by atoms with Gasteiger partial charge in [-0.05, 0) is 0 Å². The fraction of sp³-hybridized carbons (Fsp3) is 0.600. The zero-order valence-corrected chi connectivity index (χ0v) is 4.79. The molecule has 48 valence electrons. The second kappa shape index (κ2) is 2.03. The predicted octanol–water partition coefficient (Wildman–Crippen LogP) is -1.27. The van der Waals surface area contributed by atoms with Crippen molar-refractivity contribution in [2.75, 3.05) is 0 Å². The smallest absolute Gasteiger partial charge is 0.238 e. The zero-order chi connectivity index (χ0) is 6.85. The van der Waals surface area contributed by atoms with Crippen LogP contribution in [0.2, 0.25) is 0 Å². The van der Waals surface area contributed by atoms with Gasteiger partial charge < -0.3 is 11.1 Å². The summed E-state index contributed by atoms with van der Waals surface area (Å²) in [5, 5.41) is 10.7. The number of nitriles is 1. The van der Waals surface area contributed by atoms with Gasteiger partial charge in [0.1, 0.15) is 6.04 Å². The Labute approximate surface area is 52.6 Å².